The molecule has 12 nitrogen and oxygen atoms in total. The van der Waals surface area contributed by atoms with E-state index in [4.69, 9.17) is 18.7 Å². The van der Waals surface area contributed by atoms with Crippen LogP contribution in [0.25, 0.3) is 0 Å². The monoisotopic (exact) mass is 563 g/mol. The SMILES string of the molecule is CCCCCc1ccc(C(=O)N2CC(=NOCc3ccccc3)C[C@H]2C(=O)Nc2nc(OC)cc(OC)n2)c(=O)o1. The van der Waals surface area contributed by atoms with Crippen LogP contribution in [0.2, 0.25) is 0 Å². The van der Waals surface area contributed by atoms with Gasteiger partial charge in [0.15, 0.2) is 0 Å². The molecule has 0 unspecified atom stereocenters. The molecule has 0 aliphatic carbocycles. The summed E-state index contributed by atoms with van der Waals surface area (Å²) < 4.78 is 15.7. The highest BCUT2D eigenvalue weighted by atomic mass is 16.6. The number of nitrogens with zero attached hydrogens (tertiary/aromatic N) is 4. The fourth-order valence-electron chi connectivity index (χ4n) is 4.30. The van der Waals surface area contributed by atoms with Crippen LogP contribution in [0, 0.1) is 0 Å². The molecule has 1 saturated heterocycles. The first-order valence-electron chi connectivity index (χ1n) is 13.3. The molecule has 1 aromatic carbocycles. The van der Waals surface area contributed by atoms with Crippen molar-refractivity contribution >= 4 is 23.5 Å². The van der Waals surface area contributed by atoms with Crippen molar-refractivity contribution in [3.63, 3.8) is 0 Å². The van der Waals surface area contributed by atoms with E-state index in [0.29, 0.717) is 17.9 Å². The van der Waals surface area contributed by atoms with E-state index in [1.54, 1.807) is 6.07 Å². The topological polar surface area (TPSA) is 145 Å². The van der Waals surface area contributed by atoms with Crippen LogP contribution in [0.5, 0.6) is 11.8 Å². The molecule has 2 amide bonds. The smallest absolute Gasteiger partial charge is 0.348 e. The van der Waals surface area contributed by atoms with Crippen LogP contribution in [0.15, 0.2) is 62.9 Å². The number of unbranched alkanes of at least 4 members (excludes halogenated alkanes) is 2. The number of benzene rings is 1. The van der Waals surface area contributed by atoms with Gasteiger partial charge in [-0.15, -0.1) is 0 Å². The van der Waals surface area contributed by atoms with Crippen molar-refractivity contribution in [2.24, 2.45) is 5.16 Å². The maximum absolute atomic E-state index is 13.6. The summed E-state index contributed by atoms with van der Waals surface area (Å²) in [5.41, 5.74) is 0.444. The molecule has 1 aliphatic heterocycles. The highest BCUT2D eigenvalue weighted by Crippen LogP contribution is 2.22. The number of rotatable bonds is 12. The van der Waals surface area contributed by atoms with Crippen LogP contribution in [-0.2, 0) is 22.7 Å². The summed E-state index contributed by atoms with van der Waals surface area (Å²) in [6, 6.07) is 13.0. The lowest BCUT2D eigenvalue weighted by Gasteiger charge is -2.22. The molecule has 3 heterocycles. The first-order valence-corrected chi connectivity index (χ1v) is 13.3. The van der Waals surface area contributed by atoms with E-state index in [9.17, 15) is 14.4 Å². The molecular formula is C29H33N5O7. The minimum Gasteiger partial charge on any atom is -0.481 e. The minimum atomic E-state index is -1.02. The van der Waals surface area contributed by atoms with Crippen LogP contribution < -0.4 is 20.4 Å². The van der Waals surface area contributed by atoms with Crippen LogP contribution >= 0.6 is 0 Å². The second-order valence-corrected chi connectivity index (χ2v) is 9.39. The first-order chi connectivity index (χ1) is 19.9. The molecule has 12 heteroatoms. The average molecular weight is 564 g/mol. The quantitative estimate of drug-likeness (QED) is 0.258. The van der Waals surface area contributed by atoms with Gasteiger partial charge < -0.3 is 23.6 Å². The van der Waals surface area contributed by atoms with Crippen LogP contribution in [0.3, 0.4) is 0 Å². The van der Waals surface area contributed by atoms with E-state index in [1.165, 1.54) is 31.3 Å². The number of aryl methyl sites for hydroxylation is 1. The Hall–Kier alpha value is -4.74. The Morgan fingerprint density at radius 1 is 1.07 bits per heavy atom. The molecule has 1 atom stereocenters. The minimum absolute atomic E-state index is 0.0221. The van der Waals surface area contributed by atoms with Gasteiger partial charge in [0, 0.05) is 12.8 Å². The number of amides is 2. The highest BCUT2D eigenvalue weighted by molar-refractivity contribution is 6.07. The van der Waals surface area contributed by atoms with Crippen molar-refractivity contribution in [2.45, 2.75) is 51.7 Å². The van der Waals surface area contributed by atoms with Crippen molar-refractivity contribution < 1.29 is 28.3 Å². The van der Waals surface area contributed by atoms with Gasteiger partial charge in [0.2, 0.25) is 23.6 Å². The molecule has 3 aromatic rings. The van der Waals surface area contributed by atoms with Gasteiger partial charge in [0.1, 0.15) is 24.0 Å². The molecule has 0 saturated carbocycles. The maximum atomic E-state index is 13.6. The van der Waals surface area contributed by atoms with Gasteiger partial charge in [-0.3, -0.25) is 14.9 Å². The first kappa shape index (κ1) is 29.2. The van der Waals surface area contributed by atoms with Gasteiger partial charge >= 0.3 is 5.63 Å². The number of methoxy groups -OCH3 is 2. The summed E-state index contributed by atoms with van der Waals surface area (Å²) in [5.74, 6) is -0.435. The van der Waals surface area contributed by atoms with Crippen LogP contribution in [0.1, 0.15) is 54.3 Å². The van der Waals surface area contributed by atoms with Crippen molar-refractivity contribution in [3.05, 3.63) is 75.8 Å². The zero-order valence-corrected chi connectivity index (χ0v) is 23.3. The summed E-state index contributed by atoms with van der Waals surface area (Å²) in [6.45, 7) is 2.28. The molecule has 4 rings (SSSR count). The Morgan fingerprint density at radius 2 is 1.80 bits per heavy atom. The second kappa shape index (κ2) is 14.1. The third-order valence-electron chi connectivity index (χ3n) is 6.46. The van der Waals surface area contributed by atoms with Crippen molar-refractivity contribution in [1.82, 2.24) is 14.9 Å². The Kier molecular flexibility index (Phi) is 10.0. The standard InChI is InChI=1S/C29H33N5O7/c1-4-5-7-12-21-13-14-22(28(37)41-21)27(36)34-17-20(33-40-18-19-10-8-6-9-11-19)15-23(34)26(35)32-29-30-24(38-2)16-25(31-29)39-3/h6,8-11,13-14,16,23H,4-5,7,12,15,17-18H2,1-3H3,(H,30,31,32,35)/t23-/m0/s1. The van der Waals surface area contributed by atoms with E-state index < -0.39 is 23.5 Å². The number of carbonyl (C=O) groups excluding carboxylic acids is 2. The summed E-state index contributed by atoms with van der Waals surface area (Å²) in [5, 5.41) is 6.80. The lowest BCUT2D eigenvalue weighted by Crippen LogP contribution is -2.44. The molecule has 0 bridgehead atoms. The number of hydrogen-bond acceptors (Lipinski definition) is 10. The number of nitrogens with one attached hydrogen (secondary N) is 1. The fraction of sp³-hybridized carbons (Fsp3) is 0.379. The van der Waals surface area contributed by atoms with Crippen LogP contribution in [0.4, 0.5) is 5.95 Å². The average Bonchev–Trinajstić information content (AvgIpc) is 3.42. The fourth-order valence-corrected chi connectivity index (χ4v) is 4.30. The molecule has 2 aromatic heterocycles. The van der Waals surface area contributed by atoms with E-state index in [-0.39, 0.29) is 42.8 Å². The number of hydrogen-bond donors (Lipinski definition) is 1. The van der Waals surface area contributed by atoms with Crippen LogP contribution in [-0.4, -0.2) is 59.2 Å². The van der Waals surface area contributed by atoms with E-state index in [1.807, 2.05) is 30.3 Å². The largest absolute Gasteiger partial charge is 0.481 e. The van der Waals surface area contributed by atoms with Gasteiger partial charge in [-0.25, -0.2) is 4.79 Å². The zero-order valence-electron chi connectivity index (χ0n) is 23.3. The molecule has 216 valence electrons. The van der Waals surface area contributed by atoms with E-state index >= 15 is 0 Å². The van der Waals surface area contributed by atoms with Crippen molar-refractivity contribution in [2.75, 3.05) is 26.1 Å². The second-order valence-electron chi connectivity index (χ2n) is 9.39. The number of likely N-dealkylation sites (tertiary alicyclic amines) is 1. The number of carbonyl (C=O) groups is 2. The highest BCUT2D eigenvalue weighted by Gasteiger charge is 2.40. The molecule has 0 spiro atoms. The number of oxime groups is 1. The molecule has 41 heavy (non-hydrogen) atoms. The van der Waals surface area contributed by atoms with Crippen molar-refractivity contribution in [3.8, 4) is 11.8 Å². The molecule has 0 radical (unpaired) electrons. The van der Waals surface area contributed by atoms with E-state index in [2.05, 4.69) is 27.4 Å². The predicted molar refractivity (Wildman–Crippen MR) is 150 cm³/mol. The lowest BCUT2D eigenvalue weighted by molar-refractivity contribution is -0.119. The third kappa shape index (κ3) is 7.68. The van der Waals surface area contributed by atoms with Gasteiger partial charge in [-0.05, 0) is 24.1 Å². The number of ether oxygens (including phenoxy) is 2. The van der Waals surface area contributed by atoms with Gasteiger partial charge in [-0.2, -0.15) is 9.97 Å². The predicted octanol–water partition coefficient (Wildman–Crippen LogP) is 3.61. The third-order valence-corrected chi connectivity index (χ3v) is 6.46. The van der Waals surface area contributed by atoms with Gasteiger partial charge in [0.05, 0.1) is 32.5 Å². The number of aromatic nitrogens is 2. The summed E-state index contributed by atoms with van der Waals surface area (Å²) in [4.78, 5) is 54.8. The number of anilines is 1. The summed E-state index contributed by atoms with van der Waals surface area (Å²) in [7, 11) is 2.84. The Balaban J connectivity index is 1.56. The molecular weight excluding hydrogens is 530 g/mol. The zero-order chi connectivity index (χ0) is 29.2. The molecule has 1 aliphatic rings. The molecule has 1 fully saturated rings. The van der Waals surface area contributed by atoms with E-state index in [0.717, 1.165) is 24.8 Å². The van der Waals surface area contributed by atoms with Gasteiger partial charge in [0.25, 0.3) is 5.91 Å². The Morgan fingerprint density at radius 3 is 2.46 bits per heavy atom. The molecule has 1 N–H and O–H groups in total. The lowest BCUT2D eigenvalue weighted by atomic mass is 10.1. The maximum Gasteiger partial charge on any atom is 0.348 e. The van der Waals surface area contributed by atoms with Crippen molar-refractivity contribution in [1.29, 1.82) is 0 Å². The Labute approximate surface area is 237 Å². The summed E-state index contributed by atoms with van der Waals surface area (Å²) in [6.07, 6.45) is 3.60. The summed E-state index contributed by atoms with van der Waals surface area (Å²) >= 11 is 0. The Bertz CT molecular complexity index is 1420. The van der Waals surface area contributed by atoms with Gasteiger partial charge in [-0.1, -0.05) is 55.3 Å². The normalized spacial score (nSPS) is 15.5.